The van der Waals surface area contributed by atoms with Crippen LogP contribution in [0.3, 0.4) is 0 Å². The second-order valence-electron chi connectivity index (χ2n) is 5.92. The summed E-state index contributed by atoms with van der Waals surface area (Å²) in [5.41, 5.74) is 2.08. The fourth-order valence-electron chi connectivity index (χ4n) is 3.59. The van der Waals surface area contributed by atoms with Crippen molar-refractivity contribution >= 4 is 11.8 Å². The van der Waals surface area contributed by atoms with Crippen LogP contribution in [-0.4, -0.2) is 17.9 Å². The van der Waals surface area contributed by atoms with Gasteiger partial charge in [-0.15, -0.1) is 6.58 Å². The first-order chi connectivity index (χ1) is 8.94. The number of fused-ring (bicyclic) bond motifs is 1. The third kappa shape index (κ3) is 2.80. The third-order valence-electron chi connectivity index (χ3n) is 4.25. The minimum atomic E-state index is -0.232. The third-order valence-corrected chi connectivity index (χ3v) is 4.25. The zero-order valence-electron chi connectivity index (χ0n) is 11.8. The number of hydrogen-bond acceptors (Lipinski definition) is 3. The minimum Gasteiger partial charge on any atom is -0.462 e. The predicted octanol–water partition coefficient (Wildman–Crippen LogP) is 3.34. The van der Waals surface area contributed by atoms with Crippen LogP contribution in [0.2, 0.25) is 0 Å². The Bertz CT molecular complexity index is 447. The molecular weight excluding hydrogens is 240 g/mol. The van der Waals surface area contributed by atoms with E-state index in [0.717, 1.165) is 37.7 Å². The van der Waals surface area contributed by atoms with Gasteiger partial charge in [0.15, 0.2) is 5.78 Å². The van der Waals surface area contributed by atoms with E-state index in [9.17, 15) is 9.59 Å². The Hall–Kier alpha value is -1.38. The molecule has 0 heterocycles. The molecule has 2 atom stereocenters. The highest BCUT2D eigenvalue weighted by atomic mass is 16.5. The Morgan fingerprint density at radius 1 is 1.47 bits per heavy atom. The molecule has 104 valence electrons. The van der Waals surface area contributed by atoms with Gasteiger partial charge in [-0.25, -0.2) is 0 Å². The summed E-state index contributed by atoms with van der Waals surface area (Å²) in [4.78, 5) is 23.0. The normalized spacial score (nSPS) is 30.3. The lowest BCUT2D eigenvalue weighted by Gasteiger charge is -2.47. The highest BCUT2D eigenvalue weighted by Crippen LogP contribution is 2.51. The van der Waals surface area contributed by atoms with Crippen molar-refractivity contribution in [2.75, 3.05) is 0 Å². The van der Waals surface area contributed by atoms with Crippen molar-refractivity contribution in [2.45, 2.75) is 58.5 Å². The second kappa shape index (κ2) is 5.32. The zero-order chi connectivity index (χ0) is 14.0. The van der Waals surface area contributed by atoms with E-state index in [1.165, 1.54) is 12.5 Å². The molecule has 0 aliphatic heterocycles. The molecule has 0 bridgehead atoms. The minimum absolute atomic E-state index is 0.102. The summed E-state index contributed by atoms with van der Waals surface area (Å²) in [6.45, 7) is 7.48. The highest BCUT2D eigenvalue weighted by Gasteiger charge is 2.47. The maximum absolute atomic E-state index is 11.7. The summed E-state index contributed by atoms with van der Waals surface area (Å²) in [5, 5.41) is 0. The molecule has 3 nitrogen and oxygen atoms in total. The first kappa shape index (κ1) is 14.0. The van der Waals surface area contributed by atoms with Gasteiger partial charge in [0.2, 0.25) is 0 Å². The van der Waals surface area contributed by atoms with E-state index in [-0.39, 0.29) is 23.3 Å². The molecule has 0 aromatic rings. The topological polar surface area (TPSA) is 43.4 Å². The maximum atomic E-state index is 11.7. The van der Waals surface area contributed by atoms with Gasteiger partial charge in [0.05, 0.1) is 0 Å². The first-order valence-electron chi connectivity index (χ1n) is 6.99. The molecule has 0 amide bonds. The molecule has 2 aliphatic rings. The van der Waals surface area contributed by atoms with E-state index in [1.54, 1.807) is 6.08 Å². The molecule has 0 aromatic heterocycles. The van der Waals surface area contributed by atoms with Crippen LogP contribution in [0.4, 0.5) is 0 Å². The average molecular weight is 262 g/mol. The van der Waals surface area contributed by atoms with Gasteiger partial charge in [-0.2, -0.15) is 0 Å². The second-order valence-corrected chi connectivity index (χ2v) is 5.92. The van der Waals surface area contributed by atoms with Crippen molar-refractivity contribution in [2.24, 2.45) is 5.41 Å². The van der Waals surface area contributed by atoms with Crippen LogP contribution in [0.5, 0.6) is 0 Å². The van der Waals surface area contributed by atoms with Crippen LogP contribution in [0.15, 0.2) is 23.8 Å². The number of allylic oxidation sites excluding steroid dienone is 2. The summed E-state index contributed by atoms with van der Waals surface area (Å²) >= 11 is 0. The van der Waals surface area contributed by atoms with Gasteiger partial charge in [0, 0.05) is 18.8 Å². The van der Waals surface area contributed by atoms with Gasteiger partial charge in [-0.1, -0.05) is 11.1 Å². The van der Waals surface area contributed by atoms with Crippen molar-refractivity contribution in [1.29, 1.82) is 0 Å². The number of rotatable bonds is 3. The smallest absolute Gasteiger partial charge is 0.302 e. The predicted molar refractivity (Wildman–Crippen MR) is 73.6 cm³/mol. The quantitative estimate of drug-likeness (QED) is 0.578. The highest BCUT2D eigenvalue weighted by molar-refractivity contribution is 5.91. The summed E-state index contributed by atoms with van der Waals surface area (Å²) in [7, 11) is 0. The van der Waals surface area contributed by atoms with Gasteiger partial charge in [-0.05, 0) is 45.1 Å². The van der Waals surface area contributed by atoms with Gasteiger partial charge < -0.3 is 4.74 Å². The number of ether oxygens (including phenoxy) is 1. The number of carbonyl (C=O) groups is 2. The van der Waals surface area contributed by atoms with Crippen molar-refractivity contribution in [3.8, 4) is 0 Å². The van der Waals surface area contributed by atoms with Gasteiger partial charge >= 0.3 is 5.97 Å². The van der Waals surface area contributed by atoms with E-state index in [2.05, 4.69) is 6.58 Å². The number of esters is 1. The molecule has 1 saturated carbocycles. The van der Waals surface area contributed by atoms with E-state index in [1.807, 2.05) is 6.92 Å². The molecule has 0 spiro atoms. The van der Waals surface area contributed by atoms with Crippen molar-refractivity contribution in [3.63, 3.8) is 0 Å². The van der Waals surface area contributed by atoms with Crippen LogP contribution < -0.4 is 0 Å². The molecule has 3 heteroatoms. The van der Waals surface area contributed by atoms with Crippen molar-refractivity contribution in [3.05, 3.63) is 23.8 Å². The van der Waals surface area contributed by atoms with Gasteiger partial charge in [0.1, 0.15) is 6.10 Å². The van der Waals surface area contributed by atoms with Crippen molar-refractivity contribution in [1.82, 2.24) is 0 Å². The molecule has 19 heavy (non-hydrogen) atoms. The van der Waals surface area contributed by atoms with Crippen LogP contribution in [-0.2, 0) is 14.3 Å². The van der Waals surface area contributed by atoms with Crippen LogP contribution in [0.1, 0.15) is 52.4 Å². The van der Waals surface area contributed by atoms with Crippen molar-refractivity contribution < 1.29 is 14.3 Å². The zero-order valence-corrected chi connectivity index (χ0v) is 11.8. The van der Waals surface area contributed by atoms with Crippen LogP contribution in [0.25, 0.3) is 0 Å². The lowest BCUT2D eigenvalue weighted by molar-refractivity contribution is -0.154. The number of carbonyl (C=O) groups excluding carboxylic acids is 2. The van der Waals surface area contributed by atoms with E-state index >= 15 is 0 Å². The SMILES string of the molecule is C=C(C)C[C@]12CCC(=O)C=C1CCC[C@H]2OC(C)=O. The summed E-state index contributed by atoms with van der Waals surface area (Å²) in [6, 6.07) is 0. The monoisotopic (exact) mass is 262 g/mol. The van der Waals surface area contributed by atoms with Gasteiger partial charge in [-0.3, -0.25) is 9.59 Å². The largest absolute Gasteiger partial charge is 0.462 e. The Morgan fingerprint density at radius 3 is 2.84 bits per heavy atom. The lowest BCUT2D eigenvalue weighted by atomic mass is 9.60. The van der Waals surface area contributed by atoms with Crippen LogP contribution >= 0.6 is 0 Å². The fourth-order valence-corrected chi connectivity index (χ4v) is 3.59. The first-order valence-corrected chi connectivity index (χ1v) is 6.99. The summed E-state index contributed by atoms with van der Waals surface area (Å²) < 4.78 is 5.57. The number of hydrogen-bond donors (Lipinski definition) is 0. The molecule has 0 aromatic carbocycles. The maximum Gasteiger partial charge on any atom is 0.302 e. The molecule has 0 saturated heterocycles. The Labute approximate surface area is 114 Å². The molecule has 0 radical (unpaired) electrons. The van der Waals surface area contributed by atoms with E-state index in [0.29, 0.717) is 6.42 Å². The van der Waals surface area contributed by atoms with Gasteiger partial charge in [0.25, 0.3) is 0 Å². The lowest BCUT2D eigenvalue weighted by Crippen LogP contribution is -2.45. The average Bonchev–Trinajstić information content (AvgIpc) is 2.29. The Balaban J connectivity index is 2.38. The summed E-state index contributed by atoms with van der Waals surface area (Å²) in [6.07, 6.45) is 6.64. The van der Waals surface area contributed by atoms with E-state index in [4.69, 9.17) is 4.74 Å². The Morgan fingerprint density at radius 2 is 2.21 bits per heavy atom. The fraction of sp³-hybridized carbons (Fsp3) is 0.625. The Kier molecular flexibility index (Phi) is 3.93. The molecule has 0 unspecified atom stereocenters. The standard InChI is InChI=1S/C16H22O3/c1-11(2)10-16-8-7-14(18)9-13(16)5-4-6-15(16)19-12(3)17/h9,15H,1,4-8,10H2,2-3H3/t15-,16-/m1/s1. The molecule has 1 fully saturated rings. The number of ketones is 1. The molecular formula is C16H22O3. The van der Waals surface area contributed by atoms with E-state index < -0.39 is 0 Å². The van der Waals surface area contributed by atoms with Crippen LogP contribution in [0, 0.1) is 5.41 Å². The molecule has 2 rings (SSSR count). The summed E-state index contributed by atoms with van der Waals surface area (Å²) in [5.74, 6) is -0.0277. The molecule has 2 aliphatic carbocycles. The molecule has 0 N–H and O–H groups in total.